The van der Waals surface area contributed by atoms with Gasteiger partial charge in [0, 0.05) is 0 Å². The van der Waals surface area contributed by atoms with Crippen molar-refractivity contribution in [3.63, 3.8) is 0 Å². The van der Waals surface area contributed by atoms with E-state index in [1.54, 1.807) is 0 Å². The standard InChI is InChI=1S/C14H26O2Si/c1-2-17(15-11-13-7-3-4-8-13)16-12-14-9-5-6-10-14/h2,13-14H,3-12H2,1H3. The van der Waals surface area contributed by atoms with Crippen molar-refractivity contribution in [2.75, 3.05) is 13.2 Å². The fraction of sp³-hybridized carbons (Fsp3) is 0.929. The first kappa shape index (κ1) is 13.1. The van der Waals surface area contributed by atoms with E-state index in [9.17, 15) is 0 Å². The molecular weight excluding hydrogens is 228 g/mol. The zero-order valence-corrected chi connectivity index (χ0v) is 12.1. The van der Waals surface area contributed by atoms with Gasteiger partial charge in [-0.3, -0.25) is 0 Å². The Morgan fingerprint density at radius 3 is 1.65 bits per heavy atom. The van der Waals surface area contributed by atoms with Crippen LogP contribution in [0.4, 0.5) is 0 Å². The van der Waals surface area contributed by atoms with Gasteiger partial charge in [0.05, 0.1) is 13.2 Å². The van der Waals surface area contributed by atoms with Crippen LogP contribution in [0.2, 0.25) is 0 Å². The Balaban J connectivity index is 1.62. The second kappa shape index (κ2) is 7.19. The fourth-order valence-corrected chi connectivity index (χ4v) is 4.18. The molecule has 0 amide bonds. The first-order valence-corrected chi connectivity index (χ1v) is 8.69. The third kappa shape index (κ3) is 4.45. The van der Waals surface area contributed by atoms with Gasteiger partial charge in [-0.05, 0) is 50.1 Å². The lowest BCUT2D eigenvalue weighted by atomic mass is 10.1. The molecule has 0 atom stereocenters. The summed E-state index contributed by atoms with van der Waals surface area (Å²) in [7, 11) is -1.08. The van der Waals surface area contributed by atoms with Crippen molar-refractivity contribution >= 4 is 14.6 Å². The average Bonchev–Trinajstić information content (AvgIpc) is 3.02. The summed E-state index contributed by atoms with van der Waals surface area (Å²) < 4.78 is 11.9. The number of hydrogen-bond acceptors (Lipinski definition) is 2. The molecule has 2 fully saturated rings. The minimum atomic E-state index is -1.08. The topological polar surface area (TPSA) is 18.5 Å². The first-order valence-electron chi connectivity index (χ1n) is 7.30. The molecule has 2 saturated carbocycles. The summed E-state index contributed by atoms with van der Waals surface area (Å²) in [6.45, 7) is 3.95. The van der Waals surface area contributed by atoms with Gasteiger partial charge in [-0.25, -0.2) is 0 Å². The van der Waals surface area contributed by atoms with Crippen LogP contribution in [0.3, 0.4) is 0 Å². The lowest BCUT2D eigenvalue weighted by Crippen LogP contribution is -2.22. The maximum Gasteiger partial charge on any atom is 0.475 e. The van der Waals surface area contributed by atoms with Gasteiger partial charge < -0.3 is 8.85 Å². The first-order chi connectivity index (χ1) is 8.38. The van der Waals surface area contributed by atoms with Crippen LogP contribution in [0.15, 0.2) is 0 Å². The van der Waals surface area contributed by atoms with Gasteiger partial charge in [-0.2, -0.15) is 0 Å². The van der Waals surface area contributed by atoms with Gasteiger partial charge in [0.2, 0.25) is 0 Å². The van der Waals surface area contributed by atoms with Crippen molar-refractivity contribution < 1.29 is 8.85 Å². The SMILES string of the molecule is CC=[Si](OCC1CCCC1)OCC1CCCC1. The Hall–Kier alpha value is -0.313. The molecule has 0 saturated heterocycles. The fourth-order valence-electron chi connectivity index (χ4n) is 2.96. The Bertz CT molecular complexity index is 219. The molecule has 0 aromatic carbocycles. The lowest BCUT2D eigenvalue weighted by molar-refractivity contribution is 0.167. The summed E-state index contributed by atoms with van der Waals surface area (Å²) in [6.07, 6.45) is 11.0. The maximum absolute atomic E-state index is 5.96. The highest BCUT2D eigenvalue weighted by Crippen LogP contribution is 2.26. The van der Waals surface area contributed by atoms with E-state index in [2.05, 4.69) is 12.6 Å². The molecule has 0 N–H and O–H groups in total. The van der Waals surface area contributed by atoms with Gasteiger partial charge in [-0.15, -0.1) is 0 Å². The predicted molar refractivity (Wildman–Crippen MR) is 73.3 cm³/mol. The largest absolute Gasteiger partial charge is 0.523 e. The molecule has 98 valence electrons. The van der Waals surface area contributed by atoms with Gasteiger partial charge >= 0.3 is 8.90 Å². The molecule has 0 radical (unpaired) electrons. The molecule has 0 spiro atoms. The van der Waals surface area contributed by atoms with Crippen LogP contribution in [0.5, 0.6) is 0 Å². The van der Waals surface area contributed by atoms with Crippen molar-refractivity contribution in [1.82, 2.24) is 0 Å². The summed E-state index contributed by atoms with van der Waals surface area (Å²) in [5, 5.41) is 0. The Kier molecular flexibility index (Phi) is 5.56. The van der Waals surface area contributed by atoms with Crippen LogP contribution in [-0.4, -0.2) is 27.8 Å². The highest BCUT2D eigenvalue weighted by Gasteiger charge is 2.19. The lowest BCUT2D eigenvalue weighted by Gasteiger charge is -2.16. The molecule has 3 heteroatoms. The number of rotatable bonds is 6. The van der Waals surface area contributed by atoms with E-state index in [0.29, 0.717) is 0 Å². The molecule has 0 aliphatic heterocycles. The second-order valence-electron chi connectivity index (χ2n) is 5.53. The van der Waals surface area contributed by atoms with Crippen molar-refractivity contribution in [3.05, 3.63) is 0 Å². The minimum absolute atomic E-state index is 0.810. The van der Waals surface area contributed by atoms with Crippen molar-refractivity contribution in [1.29, 1.82) is 0 Å². The van der Waals surface area contributed by atoms with Gasteiger partial charge in [0.15, 0.2) is 0 Å². The van der Waals surface area contributed by atoms with E-state index in [0.717, 1.165) is 25.0 Å². The van der Waals surface area contributed by atoms with Gasteiger partial charge in [0.1, 0.15) is 0 Å². The quantitative estimate of drug-likeness (QED) is 0.677. The van der Waals surface area contributed by atoms with E-state index >= 15 is 0 Å². The van der Waals surface area contributed by atoms with Crippen LogP contribution < -0.4 is 0 Å². The number of hydrogen-bond donors (Lipinski definition) is 0. The predicted octanol–water partition coefficient (Wildman–Crippen LogP) is 3.29. The van der Waals surface area contributed by atoms with Crippen LogP contribution in [-0.2, 0) is 8.85 Å². The molecule has 2 nitrogen and oxygen atoms in total. The van der Waals surface area contributed by atoms with Crippen LogP contribution in [0, 0.1) is 11.8 Å². The maximum atomic E-state index is 5.96. The molecule has 2 aliphatic carbocycles. The van der Waals surface area contributed by atoms with E-state index in [1.807, 2.05) is 0 Å². The van der Waals surface area contributed by atoms with Crippen molar-refractivity contribution in [2.45, 2.75) is 58.3 Å². The molecular formula is C14H26O2Si. The van der Waals surface area contributed by atoms with Gasteiger partial charge in [-0.1, -0.05) is 25.7 Å². The average molecular weight is 254 g/mol. The molecule has 2 aliphatic rings. The Morgan fingerprint density at radius 1 is 0.882 bits per heavy atom. The third-order valence-corrected chi connectivity index (χ3v) is 5.48. The van der Waals surface area contributed by atoms with E-state index < -0.39 is 8.90 Å². The zero-order chi connectivity index (χ0) is 11.9. The summed E-state index contributed by atoms with van der Waals surface area (Å²) in [4.78, 5) is 0. The molecule has 0 bridgehead atoms. The molecule has 2 rings (SSSR count). The van der Waals surface area contributed by atoms with Crippen LogP contribution in [0.1, 0.15) is 58.3 Å². The Labute approximate surface area is 107 Å². The highest BCUT2D eigenvalue weighted by atomic mass is 28.3. The molecule has 0 heterocycles. The smallest absolute Gasteiger partial charge is 0.475 e. The third-order valence-electron chi connectivity index (χ3n) is 4.11. The highest BCUT2D eigenvalue weighted by molar-refractivity contribution is 6.53. The summed E-state index contributed by atoms with van der Waals surface area (Å²) >= 11 is 0. The van der Waals surface area contributed by atoms with Crippen molar-refractivity contribution in [3.8, 4) is 0 Å². The normalized spacial score (nSPS) is 21.7. The second-order valence-corrected chi connectivity index (χ2v) is 7.32. The van der Waals surface area contributed by atoms with E-state index in [4.69, 9.17) is 8.85 Å². The molecule has 0 aromatic rings. The Morgan fingerprint density at radius 2 is 1.29 bits per heavy atom. The zero-order valence-electron chi connectivity index (χ0n) is 11.1. The summed E-state index contributed by atoms with van der Waals surface area (Å²) in [5.74, 6) is 1.62. The summed E-state index contributed by atoms with van der Waals surface area (Å²) in [5.41, 5.74) is 2.15. The molecule has 0 unspecified atom stereocenters. The molecule has 17 heavy (non-hydrogen) atoms. The van der Waals surface area contributed by atoms with Crippen LogP contribution in [0.25, 0.3) is 0 Å². The van der Waals surface area contributed by atoms with Crippen molar-refractivity contribution in [2.24, 2.45) is 11.8 Å². The van der Waals surface area contributed by atoms with Gasteiger partial charge in [0.25, 0.3) is 0 Å². The monoisotopic (exact) mass is 254 g/mol. The molecule has 0 aromatic heterocycles. The summed E-state index contributed by atoms with van der Waals surface area (Å²) in [6, 6.07) is 0. The minimum Gasteiger partial charge on any atom is -0.523 e. The van der Waals surface area contributed by atoms with E-state index in [-0.39, 0.29) is 0 Å². The van der Waals surface area contributed by atoms with Crippen LogP contribution >= 0.6 is 0 Å². The van der Waals surface area contributed by atoms with E-state index in [1.165, 1.54) is 51.4 Å².